The van der Waals surface area contributed by atoms with Gasteiger partial charge in [0, 0.05) is 19.6 Å². The Bertz CT molecular complexity index is 730. The minimum Gasteiger partial charge on any atom is -0.497 e. The third-order valence-corrected chi connectivity index (χ3v) is 5.55. The molecule has 0 unspecified atom stereocenters. The summed E-state index contributed by atoms with van der Waals surface area (Å²) in [6, 6.07) is 13.7. The lowest BCUT2D eigenvalue weighted by atomic mass is 9.85. The zero-order valence-electron chi connectivity index (χ0n) is 16.4. The normalized spacial score (nSPS) is 14.2. The molecule has 0 atom stereocenters. The van der Waals surface area contributed by atoms with Crippen LogP contribution >= 0.6 is 0 Å². The van der Waals surface area contributed by atoms with Crippen LogP contribution in [0.2, 0.25) is 0 Å². The van der Waals surface area contributed by atoms with Gasteiger partial charge < -0.3 is 14.4 Å². The molecule has 27 heavy (non-hydrogen) atoms. The monoisotopic (exact) mass is 371 g/mol. The molecular weight excluding hydrogens is 341 g/mol. The van der Waals surface area contributed by atoms with Crippen LogP contribution in [-0.4, -0.2) is 38.8 Å². The van der Waals surface area contributed by atoms with Gasteiger partial charge in [0.15, 0.2) is 11.6 Å². The second-order valence-electron chi connectivity index (χ2n) is 7.38. The zero-order chi connectivity index (χ0) is 19.1. The molecule has 0 saturated heterocycles. The van der Waals surface area contributed by atoms with Gasteiger partial charge in [-0.3, -0.25) is 0 Å². The van der Waals surface area contributed by atoms with Crippen molar-refractivity contribution in [1.29, 1.82) is 0 Å². The molecule has 1 fully saturated rings. The highest BCUT2D eigenvalue weighted by atomic mass is 19.1. The standard InChI is InChI=1S/C23H30FNO2/c1-26-21-10-4-6-18(16-21)12-14-25(17-19-7-3-8-19)15-13-20-9-5-11-22(27-2)23(20)24/h4-6,9-11,16,19H,3,7-8,12-15,17H2,1-2H3. The number of nitrogens with zero attached hydrogens (tertiary/aromatic N) is 1. The SMILES string of the molecule is COc1cccc(CCN(CCc2cccc(OC)c2F)CC2CCC2)c1. The lowest BCUT2D eigenvalue weighted by Gasteiger charge is -2.32. The molecule has 0 aliphatic heterocycles. The van der Waals surface area contributed by atoms with Gasteiger partial charge in [-0.15, -0.1) is 0 Å². The topological polar surface area (TPSA) is 21.7 Å². The maximum Gasteiger partial charge on any atom is 0.168 e. The molecule has 0 N–H and O–H groups in total. The first-order valence-electron chi connectivity index (χ1n) is 9.86. The highest BCUT2D eigenvalue weighted by Gasteiger charge is 2.21. The van der Waals surface area contributed by atoms with Crippen molar-refractivity contribution in [3.63, 3.8) is 0 Å². The smallest absolute Gasteiger partial charge is 0.168 e. The minimum atomic E-state index is -0.226. The largest absolute Gasteiger partial charge is 0.497 e. The van der Waals surface area contributed by atoms with Gasteiger partial charge in [-0.05, 0) is 60.9 Å². The summed E-state index contributed by atoms with van der Waals surface area (Å²) in [6.45, 7) is 2.95. The Labute approximate surface area is 162 Å². The van der Waals surface area contributed by atoms with E-state index in [0.717, 1.165) is 43.3 Å². The van der Waals surface area contributed by atoms with E-state index < -0.39 is 0 Å². The fourth-order valence-corrected chi connectivity index (χ4v) is 3.64. The highest BCUT2D eigenvalue weighted by molar-refractivity contribution is 5.31. The van der Waals surface area contributed by atoms with E-state index >= 15 is 0 Å². The molecule has 4 heteroatoms. The van der Waals surface area contributed by atoms with Crippen molar-refractivity contribution >= 4 is 0 Å². The Morgan fingerprint density at radius 3 is 2.48 bits per heavy atom. The highest BCUT2D eigenvalue weighted by Crippen LogP contribution is 2.27. The van der Waals surface area contributed by atoms with Crippen LogP contribution in [0.25, 0.3) is 0 Å². The second-order valence-corrected chi connectivity index (χ2v) is 7.38. The number of hydrogen-bond acceptors (Lipinski definition) is 3. The molecule has 146 valence electrons. The lowest BCUT2D eigenvalue weighted by Crippen LogP contribution is -2.35. The van der Waals surface area contributed by atoms with Gasteiger partial charge in [-0.25, -0.2) is 4.39 Å². The van der Waals surface area contributed by atoms with E-state index in [-0.39, 0.29) is 5.82 Å². The first-order valence-corrected chi connectivity index (χ1v) is 9.86. The molecule has 0 heterocycles. The Morgan fingerprint density at radius 1 is 1.00 bits per heavy atom. The van der Waals surface area contributed by atoms with Gasteiger partial charge in [-0.2, -0.15) is 0 Å². The molecule has 0 radical (unpaired) electrons. The number of hydrogen-bond donors (Lipinski definition) is 0. The summed E-state index contributed by atoms with van der Waals surface area (Å²) in [7, 11) is 3.21. The van der Waals surface area contributed by atoms with E-state index in [1.807, 2.05) is 24.3 Å². The summed E-state index contributed by atoms with van der Waals surface area (Å²) in [4.78, 5) is 2.49. The average molecular weight is 371 g/mol. The summed E-state index contributed by atoms with van der Waals surface area (Å²) < 4.78 is 24.9. The third-order valence-electron chi connectivity index (χ3n) is 5.55. The molecule has 3 nitrogen and oxygen atoms in total. The van der Waals surface area contributed by atoms with Crippen LogP contribution in [0.15, 0.2) is 42.5 Å². The molecule has 3 rings (SSSR count). The predicted molar refractivity (Wildman–Crippen MR) is 107 cm³/mol. The number of methoxy groups -OCH3 is 2. The summed E-state index contributed by atoms with van der Waals surface area (Å²) in [5.74, 6) is 1.80. The van der Waals surface area contributed by atoms with Crippen molar-refractivity contribution in [2.75, 3.05) is 33.9 Å². The van der Waals surface area contributed by atoms with Crippen LogP contribution < -0.4 is 9.47 Å². The van der Waals surface area contributed by atoms with Gasteiger partial charge in [-0.1, -0.05) is 30.7 Å². The molecule has 2 aromatic carbocycles. The van der Waals surface area contributed by atoms with Crippen molar-refractivity contribution in [2.24, 2.45) is 5.92 Å². The molecule has 1 aliphatic carbocycles. The van der Waals surface area contributed by atoms with Crippen LogP contribution in [0.3, 0.4) is 0 Å². The van der Waals surface area contributed by atoms with E-state index in [2.05, 4.69) is 17.0 Å². The minimum absolute atomic E-state index is 0.226. The number of halogens is 1. The van der Waals surface area contributed by atoms with Crippen LogP contribution in [0.5, 0.6) is 11.5 Å². The maximum absolute atomic E-state index is 14.4. The Hall–Kier alpha value is -2.07. The molecule has 2 aromatic rings. The van der Waals surface area contributed by atoms with Crippen LogP contribution in [-0.2, 0) is 12.8 Å². The lowest BCUT2D eigenvalue weighted by molar-refractivity contribution is 0.180. The summed E-state index contributed by atoms with van der Waals surface area (Å²) in [5.41, 5.74) is 2.01. The zero-order valence-corrected chi connectivity index (χ0v) is 16.4. The molecule has 0 amide bonds. The first kappa shape index (κ1) is 19.7. The molecule has 0 spiro atoms. The molecule has 1 saturated carbocycles. The Kier molecular flexibility index (Phi) is 7.11. The van der Waals surface area contributed by atoms with Gasteiger partial charge in [0.05, 0.1) is 14.2 Å². The van der Waals surface area contributed by atoms with E-state index in [0.29, 0.717) is 12.2 Å². The Balaban J connectivity index is 1.60. The summed E-state index contributed by atoms with van der Waals surface area (Å²) in [6.07, 6.45) is 5.67. The quantitative estimate of drug-likeness (QED) is 0.603. The maximum atomic E-state index is 14.4. The van der Waals surface area contributed by atoms with Gasteiger partial charge in [0.25, 0.3) is 0 Å². The fourth-order valence-electron chi connectivity index (χ4n) is 3.64. The van der Waals surface area contributed by atoms with E-state index in [4.69, 9.17) is 9.47 Å². The van der Waals surface area contributed by atoms with Crippen molar-refractivity contribution in [3.8, 4) is 11.5 Å². The van der Waals surface area contributed by atoms with Crippen molar-refractivity contribution in [1.82, 2.24) is 4.90 Å². The van der Waals surface area contributed by atoms with Crippen LogP contribution in [0, 0.1) is 11.7 Å². The molecule has 1 aliphatic rings. The van der Waals surface area contributed by atoms with Crippen LogP contribution in [0.1, 0.15) is 30.4 Å². The van der Waals surface area contributed by atoms with Crippen molar-refractivity contribution in [3.05, 3.63) is 59.4 Å². The summed E-state index contributed by atoms with van der Waals surface area (Å²) >= 11 is 0. The van der Waals surface area contributed by atoms with Crippen LogP contribution in [0.4, 0.5) is 4.39 Å². The first-order chi connectivity index (χ1) is 13.2. The number of ether oxygens (including phenoxy) is 2. The van der Waals surface area contributed by atoms with Gasteiger partial charge >= 0.3 is 0 Å². The van der Waals surface area contributed by atoms with E-state index in [9.17, 15) is 4.39 Å². The molecule has 0 aromatic heterocycles. The number of rotatable bonds is 10. The third kappa shape index (κ3) is 5.46. The van der Waals surface area contributed by atoms with E-state index in [1.54, 1.807) is 13.2 Å². The second kappa shape index (κ2) is 9.75. The predicted octanol–water partition coefficient (Wildman–Crippen LogP) is 4.73. The average Bonchev–Trinajstić information content (AvgIpc) is 2.67. The van der Waals surface area contributed by atoms with Gasteiger partial charge in [0.2, 0.25) is 0 Å². The van der Waals surface area contributed by atoms with Crippen molar-refractivity contribution < 1.29 is 13.9 Å². The molecule has 0 bridgehead atoms. The van der Waals surface area contributed by atoms with E-state index in [1.165, 1.54) is 31.9 Å². The number of benzene rings is 2. The molecular formula is C23H30FNO2. The van der Waals surface area contributed by atoms with Crippen molar-refractivity contribution in [2.45, 2.75) is 32.1 Å². The Morgan fingerprint density at radius 2 is 1.78 bits per heavy atom. The summed E-state index contributed by atoms with van der Waals surface area (Å²) in [5, 5.41) is 0. The van der Waals surface area contributed by atoms with Gasteiger partial charge in [0.1, 0.15) is 5.75 Å². The fraction of sp³-hybridized carbons (Fsp3) is 0.478.